The molecule has 0 saturated carbocycles. The Bertz CT molecular complexity index is 1410. The molecule has 2 N–H and O–H groups in total. The van der Waals surface area contributed by atoms with Gasteiger partial charge in [-0.25, -0.2) is 9.67 Å². The molecule has 2 amide bonds. The molecule has 2 aromatic carbocycles. The molecular formula is C23H20N6O3S. The zero-order valence-electron chi connectivity index (χ0n) is 17.7. The highest BCUT2D eigenvalue weighted by atomic mass is 32.2. The average Bonchev–Trinajstić information content (AvgIpc) is 3.18. The van der Waals surface area contributed by atoms with Crippen LogP contribution in [0.2, 0.25) is 0 Å². The SMILES string of the molecule is CC1CC(=O)Nc2ccccc2N1C(=O)CSc1nc2c(cnn2-c2ccccc2)c(=O)[nH]1. The molecule has 10 heteroatoms. The van der Waals surface area contributed by atoms with Crippen LogP contribution < -0.4 is 15.8 Å². The standard InChI is InChI=1S/C23H20N6O3S/c1-14-11-19(30)25-17-9-5-6-10-18(17)28(14)20(31)13-33-23-26-21-16(22(32)27-23)12-24-29(21)15-7-3-2-4-8-15/h2-10,12,14H,11,13H2,1H3,(H,25,30)(H,26,27,32). The quantitative estimate of drug-likeness (QED) is 0.358. The summed E-state index contributed by atoms with van der Waals surface area (Å²) in [6.07, 6.45) is 1.68. The third-order valence-corrected chi connectivity index (χ3v) is 6.24. The lowest BCUT2D eigenvalue weighted by molar-refractivity contribution is -0.117. The second kappa shape index (κ2) is 8.55. The van der Waals surface area contributed by atoms with Crippen LogP contribution in [0.1, 0.15) is 13.3 Å². The normalized spacial score (nSPS) is 15.7. The maximum Gasteiger partial charge on any atom is 0.262 e. The van der Waals surface area contributed by atoms with Gasteiger partial charge in [-0.3, -0.25) is 14.4 Å². The average molecular weight is 461 g/mol. The van der Waals surface area contributed by atoms with E-state index in [1.165, 1.54) is 6.20 Å². The van der Waals surface area contributed by atoms with Gasteiger partial charge in [0.2, 0.25) is 11.8 Å². The Hall–Kier alpha value is -3.92. The van der Waals surface area contributed by atoms with Crippen molar-refractivity contribution in [3.8, 4) is 5.69 Å². The Morgan fingerprint density at radius 1 is 1.12 bits per heavy atom. The van der Waals surface area contributed by atoms with Crippen LogP contribution in [0, 0.1) is 0 Å². The maximum absolute atomic E-state index is 13.2. The molecule has 1 aliphatic heterocycles. The van der Waals surface area contributed by atoms with Crippen LogP contribution in [0.25, 0.3) is 16.7 Å². The Kier molecular flexibility index (Phi) is 5.43. The predicted molar refractivity (Wildman–Crippen MR) is 127 cm³/mol. The number of rotatable bonds is 4. The van der Waals surface area contributed by atoms with Gasteiger partial charge in [0.05, 0.1) is 29.0 Å². The molecule has 4 aromatic rings. The Morgan fingerprint density at radius 2 is 1.88 bits per heavy atom. The van der Waals surface area contributed by atoms with E-state index in [-0.39, 0.29) is 35.6 Å². The highest BCUT2D eigenvalue weighted by Crippen LogP contribution is 2.32. The number of carbonyl (C=O) groups is 2. The number of benzene rings is 2. The van der Waals surface area contributed by atoms with E-state index in [0.29, 0.717) is 27.6 Å². The zero-order valence-corrected chi connectivity index (χ0v) is 18.5. The first-order valence-corrected chi connectivity index (χ1v) is 11.4. The van der Waals surface area contributed by atoms with Crippen LogP contribution in [0.15, 0.2) is 70.7 Å². The number of para-hydroxylation sites is 3. The van der Waals surface area contributed by atoms with Gasteiger partial charge in [0, 0.05) is 12.5 Å². The molecule has 3 heterocycles. The lowest BCUT2D eigenvalue weighted by Crippen LogP contribution is -2.40. The van der Waals surface area contributed by atoms with Gasteiger partial charge in [-0.1, -0.05) is 42.1 Å². The number of aromatic nitrogens is 4. The number of aromatic amines is 1. The Morgan fingerprint density at radius 3 is 2.70 bits per heavy atom. The minimum absolute atomic E-state index is 0.0424. The van der Waals surface area contributed by atoms with Crippen molar-refractivity contribution in [1.29, 1.82) is 0 Å². The van der Waals surface area contributed by atoms with Crippen LogP contribution in [-0.4, -0.2) is 43.4 Å². The summed E-state index contributed by atoms with van der Waals surface area (Å²) in [6, 6.07) is 16.3. The fourth-order valence-corrected chi connectivity index (χ4v) is 4.61. The first kappa shape index (κ1) is 21.0. The molecule has 0 aliphatic carbocycles. The van der Waals surface area contributed by atoms with Crippen molar-refractivity contribution < 1.29 is 9.59 Å². The first-order valence-electron chi connectivity index (χ1n) is 10.4. The third-order valence-electron chi connectivity index (χ3n) is 5.38. The van der Waals surface area contributed by atoms with Gasteiger partial charge in [-0.05, 0) is 31.2 Å². The number of fused-ring (bicyclic) bond motifs is 2. The van der Waals surface area contributed by atoms with Crippen molar-refractivity contribution in [3.05, 3.63) is 71.1 Å². The molecular weight excluding hydrogens is 440 g/mol. The Labute approximate surface area is 192 Å². The van der Waals surface area contributed by atoms with Gasteiger partial charge in [0.15, 0.2) is 10.8 Å². The Balaban J connectivity index is 1.42. The van der Waals surface area contributed by atoms with Crippen molar-refractivity contribution in [3.63, 3.8) is 0 Å². The minimum atomic E-state index is -0.319. The fourth-order valence-electron chi connectivity index (χ4n) is 3.89. The number of carbonyl (C=O) groups excluding carboxylic acids is 2. The van der Waals surface area contributed by atoms with E-state index in [4.69, 9.17) is 0 Å². The van der Waals surface area contributed by atoms with Crippen molar-refractivity contribution in [2.75, 3.05) is 16.0 Å². The number of hydrogen-bond acceptors (Lipinski definition) is 6. The van der Waals surface area contributed by atoms with E-state index in [2.05, 4.69) is 20.4 Å². The number of H-pyrrole nitrogens is 1. The van der Waals surface area contributed by atoms with Crippen molar-refractivity contribution in [1.82, 2.24) is 19.7 Å². The van der Waals surface area contributed by atoms with Crippen molar-refractivity contribution >= 4 is 46.0 Å². The molecule has 0 saturated heterocycles. The molecule has 33 heavy (non-hydrogen) atoms. The lowest BCUT2D eigenvalue weighted by atomic mass is 10.2. The molecule has 1 aliphatic rings. The molecule has 0 fully saturated rings. The number of nitrogens with one attached hydrogen (secondary N) is 2. The van der Waals surface area contributed by atoms with E-state index < -0.39 is 0 Å². The topological polar surface area (TPSA) is 113 Å². The van der Waals surface area contributed by atoms with Crippen LogP contribution in [0.3, 0.4) is 0 Å². The summed E-state index contributed by atoms with van der Waals surface area (Å²) in [5, 5.41) is 7.84. The number of hydrogen-bond donors (Lipinski definition) is 2. The van der Waals surface area contributed by atoms with Gasteiger partial charge in [0.25, 0.3) is 5.56 Å². The first-order chi connectivity index (χ1) is 16.0. The molecule has 0 spiro atoms. The molecule has 1 unspecified atom stereocenters. The molecule has 5 rings (SSSR count). The van der Waals surface area contributed by atoms with Crippen LogP contribution >= 0.6 is 11.8 Å². The number of nitrogens with zero attached hydrogens (tertiary/aromatic N) is 4. The summed E-state index contributed by atoms with van der Waals surface area (Å²) in [5.41, 5.74) is 2.14. The van der Waals surface area contributed by atoms with Crippen LogP contribution in [0.4, 0.5) is 11.4 Å². The molecule has 1 atom stereocenters. The molecule has 9 nitrogen and oxygen atoms in total. The van der Waals surface area contributed by atoms with Crippen LogP contribution in [-0.2, 0) is 9.59 Å². The molecule has 0 bridgehead atoms. The van der Waals surface area contributed by atoms with Crippen molar-refractivity contribution in [2.24, 2.45) is 0 Å². The summed E-state index contributed by atoms with van der Waals surface area (Å²) >= 11 is 1.14. The highest BCUT2D eigenvalue weighted by molar-refractivity contribution is 7.99. The predicted octanol–water partition coefficient (Wildman–Crippen LogP) is 2.96. The highest BCUT2D eigenvalue weighted by Gasteiger charge is 2.29. The molecule has 2 aromatic heterocycles. The fraction of sp³-hybridized carbons (Fsp3) is 0.174. The third kappa shape index (κ3) is 4.00. The van der Waals surface area contributed by atoms with Gasteiger partial charge in [-0.15, -0.1) is 0 Å². The van der Waals surface area contributed by atoms with E-state index >= 15 is 0 Å². The minimum Gasteiger partial charge on any atom is -0.324 e. The number of amides is 2. The summed E-state index contributed by atoms with van der Waals surface area (Å²) in [7, 11) is 0. The second-order valence-electron chi connectivity index (χ2n) is 7.67. The van der Waals surface area contributed by atoms with Crippen LogP contribution in [0.5, 0.6) is 0 Å². The summed E-state index contributed by atoms with van der Waals surface area (Å²) in [5.74, 6) is -0.278. The van der Waals surface area contributed by atoms with Gasteiger partial charge in [-0.2, -0.15) is 5.10 Å². The lowest BCUT2D eigenvalue weighted by Gasteiger charge is -2.27. The van der Waals surface area contributed by atoms with Gasteiger partial charge < -0.3 is 15.2 Å². The smallest absolute Gasteiger partial charge is 0.262 e. The van der Waals surface area contributed by atoms with E-state index in [9.17, 15) is 14.4 Å². The largest absolute Gasteiger partial charge is 0.324 e. The summed E-state index contributed by atoms with van der Waals surface area (Å²) in [4.78, 5) is 46.9. The van der Waals surface area contributed by atoms with Crippen molar-refractivity contribution in [2.45, 2.75) is 24.5 Å². The maximum atomic E-state index is 13.2. The van der Waals surface area contributed by atoms with E-state index in [1.807, 2.05) is 55.5 Å². The molecule has 166 valence electrons. The monoisotopic (exact) mass is 460 g/mol. The zero-order chi connectivity index (χ0) is 22.9. The van der Waals surface area contributed by atoms with E-state index in [0.717, 1.165) is 17.4 Å². The van der Waals surface area contributed by atoms with Gasteiger partial charge in [0.1, 0.15) is 5.39 Å². The number of anilines is 2. The molecule has 0 radical (unpaired) electrons. The second-order valence-corrected chi connectivity index (χ2v) is 8.64. The number of thioether (sulfide) groups is 1. The van der Waals surface area contributed by atoms with E-state index in [1.54, 1.807) is 15.6 Å². The summed E-state index contributed by atoms with van der Waals surface area (Å²) < 4.78 is 1.60. The summed E-state index contributed by atoms with van der Waals surface area (Å²) in [6.45, 7) is 1.84. The van der Waals surface area contributed by atoms with Gasteiger partial charge >= 0.3 is 0 Å².